The number of aromatic nitrogens is 2. The van der Waals surface area contributed by atoms with Crippen molar-refractivity contribution in [2.45, 2.75) is 36.5 Å². The molecule has 0 unspecified atom stereocenters. The Labute approximate surface area is 202 Å². The number of hydrogen-bond acceptors (Lipinski definition) is 8. The Morgan fingerprint density at radius 3 is 2.69 bits per heavy atom. The predicted molar refractivity (Wildman–Crippen MR) is 122 cm³/mol. The van der Waals surface area contributed by atoms with Crippen LogP contribution in [0.1, 0.15) is 36.3 Å². The Morgan fingerprint density at radius 1 is 1.31 bits per heavy atom. The third-order valence-electron chi connectivity index (χ3n) is 5.91. The van der Waals surface area contributed by atoms with Crippen LogP contribution in [-0.4, -0.2) is 52.0 Å². The molecule has 1 aliphatic heterocycles. The molecule has 188 valence electrons. The van der Waals surface area contributed by atoms with Crippen LogP contribution in [0.2, 0.25) is 0 Å². The molecular formula is C22H23F4N5O3S. The van der Waals surface area contributed by atoms with E-state index in [2.05, 4.69) is 20.3 Å². The van der Waals surface area contributed by atoms with Crippen molar-refractivity contribution in [2.75, 3.05) is 25.6 Å². The highest BCUT2D eigenvalue weighted by Gasteiger charge is 2.66. The summed E-state index contributed by atoms with van der Waals surface area (Å²) in [4.78, 5) is 24.7. The summed E-state index contributed by atoms with van der Waals surface area (Å²) in [6, 6.07) is 2.15. The number of nitrogens with zero attached hydrogens (tertiary/aromatic N) is 3. The average Bonchev–Trinajstić information content (AvgIpc) is 3.49. The largest absolute Gasteiger partial charge is 0.470 e. The van der Waals surface area contributed by atoms with Crippen molar-refractivity contribution in [1.29, 1.82) is 0 Å². The summed E-state index contributed by atoms with van der Waals surface area (Å²) >= 11 is 1.36. The number of carbonyl (C=O) groups excluding carboxylic acids is 1. The molecule has 1 fully saturated rings. The van der Waals surface area contributed by atoms with Crippen molar-refractivity contribution in [3.63, 3.8) is 0 Å². The fourth-order valence-corrected chi connectivity index (χ4v) is 5.71. The first-order valence-electron chi connectivity index (χ1n) is 10.5. The molecule has 2 aliphatic rings. The molecule has 1 amide bonds. The molecule has 1 saturated carbocycles. The first-order valence-corrected chi connectivity index (χ1v) is 11.4. The van der Waals surface area contributed by atoms with E-state index >= 15 is 0 Å². The zero-order valence-electron chi connectivity index (χ0n) is 19.1. The maximum absolute atomic E-state index is 15.0. The highest BCUT2D eigenvalue weighted by atomic mass is 32.2. The highest BCUT2D eigenvalue weighted by Crippen LogP contribution is 2.66. The van der Waals surface area contributed by atoms with Crippen LogP contribution in [0.5, 0.6) is 5.88 Å². The van der Waals surface area contributed by atoms with Crippen molar-refractivity contribution in [3.05, 3.63) is 47.4 Å². The Balaban J connectivity index is 1.56. The number of anilines is 1. The van der Waals surface area contributed by atoms with Gasteiger partial charge < -0.3 is 20.5 Å². The number of amides is 1. The van der Waals surface area contributed by atoms with Gasteiger partial charge in [-0.2, -0.15) is 0 Å². The van der Waals surface area contributed by atoms with E-state index in [1.807, 2.05) is 0 Å². The number of nitrogens with one attached hydrogen (secondary N) is 1. The number of thioether (sulfide) groups is 1. The number of hydrogen-bond donors (Lipinski definition) is 2. The molecule has 0 spiro atoms. The zero-order chi connectivity index (χ0) is 25.6. The van der Waals surface area contributed by atoms with Gasteiger partial charge in [0.05, 0.1) is 29.3 Å². The average molecular weight is 514 g/mol. The van der Waals surface area contributed by atoms with Crippen molar-refractivity contribution in [2.24, 2.45) is 16.6 Å². The Hall–Kier alpha value is -2.93. The van der Waals surface area contributed by atoms with Gasteiger partial charge in [-0.25, -0.2) is 27.5 Å². The second kappa shape index (κ2) is 8.94. The van der Waals surface area contributed by atoms with E-state index in [-0.39, 0.29) is 38.7 Å². The van der Waals surface area contributed by atoms with Crippen LogP contribution in [0.15, 0.2) is 29.5 Å². The molecule has 8 nitrogen and oxygen atoms in total. The molecular weight excluding hydrogens is 490 g/mol. The van der Waals surface area contributed by atoms with Gasteiger partial charge in [-0.3, -0.25) is 9.79 Å². The van der Waals surface area contributed by atoms with E-state index in [4.69, 9.17) is 15.2 Å². The van der Waals surface area contributed by atoms with Crippen LogP contribution in [0, 0.1) is 17.6 Å². The molecule has 3 N–H and O–H groups in total. The number of ether oxygens (including phenoxy) is 2. The number of nitrogens with two attached hydrogens (primary N) is 1. The molecule has 35 heavy (non-hydrogen) atoms. The van der Waals surface area contributed by atoms with Crippen LogP contribution in [-0.2, 0) is 10.3 Å². The maximum Gasteiger partial charge on any atom is 0.278 e. The van der Waals surface area contributed by atoms with E-state index < -0.39 is 35.6 Å². The fourth-order valence-electron chi connectivity index (χ4n) is 4.26. The van der Waals surface area contributed by atoms with Gasteiger partial charge in [0.15, 0.2) is 23.4 Å². The van der Waals surface area contributed by atoms with E-state index in [9.17, 15) is 22.4 Å². The summed E-state index contributed by atoms with van der Waals surface area (Å²) in [5.41, 5.74) is 4.60. The first-order chi connectivity index (χ1) is 16.4. The predicted octanol–water partition coefficient (Wildman–Crippen LogP) is 3.72. The van der Waals surface area contributed by atoms with Crippen LogP contribution in [0.25, 0.3) is 0 Å². The van der Waals surface area contributed by atoms with Gasteiger partial charge in [0.25, 0.3) is 11.8 Å². The summed E-state index contributed by atoms with van der Waals surface area (Å²) in [6.07, 6.45) is 2.68. The molecule has 3 atom stereocenters. The lowest BCUT2D eigenvalue weighted by Crippen LogP contribution is -2.38. The number of rotatable bonds is 8. The molecule has 2 aromatic rings. The third kappa shape index (κ3) is 5.06. The first kappa shape index (κ1) is 25.2. The summed E-state index contributed by atoms with van der Waals surface area (Å²) in [5.74, 6) is -6.43. The molecule has 13 heteroatoms. The number of halogens is 4. The number of benzene rings is 1. The standard InChI is InChI=1S/C22H23F4N5O3S/c1-20(25,26)9-34-16-8-28-14(7-29-16)18(32)30-11-4-12(17(24)13(23)5-11)21(2)15-6-22(15,10-33-3)35-19(27)31-21/h4-5,7-8,15H,6,9-10H2,1-3H3,(H2,27,31)(H,30,32)/t15-,21+,22+/m0/s1. The SMILES string of the molecule is COC[C@]12C[C@H]1[C@@](C)(c1cc(NC(=O)c3cnc(OCC(C)(F)F)cn3)cc(F)c1F)N=C(N)S2. The van der Waals surface area contributed by atoms with Crippen LogP contribution >= 0.6 is 11.8 Å². The molecule has 4 rings (SSSR count). The molecule has 0 saturated heterocycles. The minimum absolute atomic E-state index is 0.0251. The number of fused-ring (bicyclic) bond motifs is 1. The lowest BCUT2D eigenvalue weighted by atomic mass is 9.85. The van der Waals surface area contributed by atoms with E-state index in [0.29, 0.717) is 20.0 Å². The van der Waals surface area contributed by atoms with Crippen LogP contribution in [0.4, 0.5) is 23.2 Å². The molecule has 1 aromatic heterocycles. The third-order valence-corrected chi connectivity index (χ3v) is 7.18. The lowest BCUT2D eigenvalue weighted by Gasteiger charge is -2.34. The fraction of sp³-hybridized carbons (Fsp3) is 0.455. The summed E-state index contributed by atoms with van der Waals surface area (Å²) in [7, 11) is 1.56. The molecule has 0 bridgehead atoms. The van der Waals surface area contributed by atoms with Gasteiger partial charge in [0.1, 0.15) is 5.69 Å². The van der Waals surface area contributed by atoms with Gasteiger partial charge in [0, 0.05) is 37.3 Å². The van der Waals surface area contributed by atoms with Gasteiger partial charge in [-0.1, -0.05) is 11.8 Å². The smallest absolute Gasteiger partial charge is 0.278 e. The normalized spacial score (nSPS) is 25.5. The van der Waals surface area contributed by atoms with Crippen LogP contribution < -0.4 is 15.8 Å². The van der Waals surface area contributed by atoms with Gasteiger partial charge in [-0.05, 0) is 19.4 Å². The monoisotopic (exact) mass is 513 g/mol. The van der Waals surface area contributed by atoms with Gasteiger partial charge >= 0.3 is 0 Å². The van der Waals surface area contributed by atoms with Crippen molar-refractivity contribution >= 4 is 28.5 Å². The zero-order valence-corrected chi connectivity index (χ0v) is 19.9. The quantitative estimate of drug-likeness (QED) is 0.518. The Kier molecular flexibility index (Phi) is 6.43. The molecule has 0 radical (unpaired) electrons. The van der Waals surface area contributed by atoms with E-state index in [1.54, 1.807) is 14.0 Å². The van der Waals surface area contributed by atoms with Crippen LogP contribution in [0.3, 0.4) is 0 Å². The minimum Gasteiger partial charge on any atom is -0.470 e. The number of carbonyl (C=O) groups is 1. The topological polar surface area (TPSA) is 112 Å². The second-order valence-corrected chi connectivity index (χ2v) is 10.3. The van der Waals surface area contributed by atoms with Gasteiger partial charge in [-0.15, -0.1) is 0 Å². The van der Waals surface area contributed by atoms with Crippen molar-refractivity contribution in [3.8, 4) is 5.88 Å². The number of amidine groups is 1. The maximum atomic E-state index is 15.0. The number of aliphatic imine (C=N–C) groups is 1. The molecule has 2 heterocycles. The summed E-state index contributed by atoms with van der Waals surface area (Å²) < 4.78 is 65.1. The Morgan fingerprint density at radius 2 is 2.06 bits per heavy atom. The van der Waals surface area contributed by atoms with Crippen molar-refractivity contribution < 1.29 is 31.8 Å². The molecule has 1 aliphatic carbocycles. The van der Waals surface area contributed by atoms with E-state index in [0.717, 1.165) is 18.5 Å². The lowest BCUT2D eigenvalue weighted by molar-refractivity contribution is -0.0243. The number of methoxy groups -OCH3 is 1. The highest BCUT2D eigenvalue weighted by molar-refractivity contribution is 8.15. The number of alkyl halides is 2. The van der Waals surface area contributed by atoms with Gasteiger partial charge in [0.2, 0.25) is 5.88 Å². The minimum atomic E-state index is -3.06. The van der Waals surface area contributed by atoms with Crippen molar-refractivity contribution in [1.82, 2.24) is 9.97 Å². The Bertz CT molecular complexity index is 1180. The molecule has 1 aromatic carbocycles. The van der Waals surface area contributed by atoms with E-state index in [1.165, 1.54) is 17.8 Å². The second-order valence-electron chi connectivity index (χ2n) is 8.83. The summed E-state index contributed by atoms with van der Waals surface area (Å²) in [5, 5.41) is 2.70. The summed E-state index contributed by atoms with van der Waals surface area (Å²) in [6.45, 7) is 1.84.